The molecule has 1 N–H and O–H groups in total. The van der Waals surface area contributed by atoms with Gasteiger partial charge in [0.15, 0.2) is 0 Å². The minimum atomic E-state index is -0.218. The van der Waals surface area contributed by atoms with Crippen LogP contribution in [-0.2, 0) is 28.8 Å². The number of nitrogens with zero attached hydrogens (tertiary/aromatic N) is 1. The second-order valence-corrected chi connectivity index (χ2v) is 7.50. The van der Waals surface area contributed by atoms with Crippen molar-refractivity contribution in [3.8, 4) is 11.8 Å². The number of hydrogen-bond acceptors (Lipinski definition) is 5. The molecule has 3 rings (SSSR count). The molecule has 0 radical (unpaired) electrons. The number of esters is 1. The fourth-order valence-corrected chi connectivity index (χ4v) is 4.15. The molecular formula is C22H21NO3S. The maximum absolute atomic E-state index is 11.6. The topological polar surface area (TPSA) is 70.3 Å². The van der Waals surface area contributed by atoms with Gasteiger partial charge in [-0.05, 0) is 79.1 Å². The number of fused-ring (bicyclic) bond motifs is 1. The van der Waals surface area contributed by atoms with Crippen LogP contribution in [0, 0.1) is 11.3 Å². The molecule has 0 aliphatic rings. The van der Waals surface area contributed by atoms with Gasteiger partial charge in [-0.1, -0.05) is 6.07 Å². The first-order valence-corrected chi connectivity index (χ1v) is 9.79. The van der Waals surface area contributed by atoms with Crippen LogP contribution in [0.1, 0.15) is 34.9 Å². The van der Waals surface area contributed by atoms with E-state index < -0.39 is 0 Å². The summed E-state index contributed by atoms with van der Waals surface area (Å²) in [5, 5.41) is 19.9. The number of carbonyl (C=O) groups is 1. The van der Waals surface area contributed by atoms with Crippen molar-refractivity contribution in [2.24, 2.45) is 0 Å². The molecule has 27 heavy (non-hydrogen) atoms. The molecule has 1 aromatic heterocycles. The van der Waals surface area contributed by atoms with E-state index in [-0.39, 0.29) is 11.7 Å². The van der Waals surface area contributed by atoms with Crippen LogP contribution in [0.3, 0.4) is 0 Å². The lowest BCUT2D eigenvalue weighted by Gasteiger charge is -2.10. The Labute approximate surface area is 162 Å². The third-order valence-electron chi connectivity index (χ3n) is 4.43. The van der Waals surface area contributed by atoms with Gasteiger partial charge in [0.25, 0.3) is 0 Å². The Morgan fingerprint density at radius 1 is 1.11 bits per heavy atom. The number of carbonyl (C=O) groups excluding carboxylic acids is 1. The minimum Gasteiger partial charge on any atom is -0.508 e. The molecule has 0 saturated heterocycles. The summed E-state index contributed by atoms with van der Waals surface area (Å²) in [6, 6.07) is 15.4. The first kappa shape index (κ1) is 18.9. The van der Waals surface area contributed by atoms with E-state index in [2.05, 4.69) is 12.1 Å². The van der Waals surface area contributed by atoms with E-state index in [1.165, 1.54) is 9.58 Å². The van der Waals surface area contributed by atoms with E-state index in [1.807, 2.05) is 24.3 Å². The zero-order valence-corrected chi connectivity index (χ0v) is 16.0. The highest BCUT2D eigenvalue weighted by molar-refractivity contribution is 7.19. The number of benzene rings is 2. The van der Waals surface area contributed by atoms with Crippen LogP contribution in [0.4, 0.5) is 0 Å². The van der Waals surface area contributed by atoms with Gasteiger partial charge >= 0.3 is 5.97 Å². The Morgan fingerprint density at radius 3 is 2.74 bits per heavy atom. The monoisotopic (exact) mass is 379 g/mol. The van der Waals surface area contributed by atoms with E-state index in [1.54, 1.807) is 30.4 Å². The van der Waals surface area contributed by atoms with Crippen LogP contribution in [0.25, 0.3) is 10.1 Å². The normalized spacial score (nSPS) is 10.7. The van der Waals surface area contributed by atoms with Gasteiger partial charge in [0.05, 0.1) is 18.2 Å². The Kier molecular flexibility index (Phi) is 6.10. The number of aryl methyl sites for hydroxylation is 3. The lowest BCUT2D eigenvalue weighted by atomic mass is 9.98. The van der Waals surface area contributed by atoms with Gasteiger partial charge in [-0.3, -0.25) is 4.79 Å². The third-order valence-corrected chi connectivity index (χ3v) is 5.61. The van der Waals surface area contributed by atoms with Crippen molar-refractivity contribution in [2.45, 2.75) is 32.6 Å². The van der Waals surface area contributed by atoms with E-state index >= 15 is 0 Å². The van der Waals surface area contributed by atoms with Crippen molar-refractivity contribution in [3.63, 3.8) is 0 Å². The number of nitriles is 1. The highest BCUT2D eigenvalue weighted by Gasteiger charge is 2.10. The molecule has 138 valence electrons. The summed E-state index contributed by atoms with van der Waals surface area (Å²) in [6.45, 7) is 2.17. The molecule has 0 bridgehead atoms. The molecule has 0 amide bonds. The summed E-state index contributed by atoms with van der Waals surface area (Å²) in [6.07, 6.45) is 2.57. The number of aromatic hydroxyl groups is 1. The first-order valence-electron chi connectivity index (χ1n) is 8.98. The van der Waals surface area contributed by atoms with Crippen LogP contribution in [0.2, 0.25) is 0 Å². The molecule has 3 aromatic rings. The van der Waals surface area contributed by atoms with Crippen molar-refractivity contribution < 1.29 is 14.6 Å². The number of rotatable bonds is 7. The van der Waals surface area contributed by atoms with Gasteiger partial charge in [-0.2, -0.15) is 5.26 Å². The predicted molar refractivity (Wildman–Crippen MR) is 107 cm³/mol. The van der Waals surface area contributed by atoms with Crippen LogP contribution >= 0.6 is 11.3 Å². The fraction of sp³-hybridized carbons (Fsp3) is 0.273. The molecule has 0 fully saturated rings. The SMILES string of the molecule is CCOC(=O)CCc1cc(O)ccc1CCc1cc2cc(C#N)ccc2s1. The Bertz CT molecular complexity index is 1000. The molecule has 0 saturated carbocycles. The van der Waals surface area contributed by atoms with Crippen molar-refractivity contribution in [1.82, 2.24) is 0 Å². The summed E-state index contributed by atoms with van der Waals surface area (Å²) < 4.78 is 6.17. The maximum atomic E-state index is 11.6. The summed E-state index contributed by atoms with van der Waals surface area (Å²) in [4.78, 5) is 12.9. The molecule has 0 aliphatic heterocycles. The Balaban J connectivity index is 1.72. The first-order chi connectivity index (χ1) is 13.1. The highest BCUT2D eigenvalue weighted by atomic mass is 32.1. The van der Waals surface area contributed by atoms with Gasteiger partial charge < -0.3 is 9.84 Å². The average Bonchev–Trinajstić information content (AvgIpc) is 3.07. The van der Waals surface area contributed by atoms with Crippen molar-refractivity contribution >= 4 is 27.4 Å². The second kappa shape index (κ2) is 8.70. The van der Waals surface area contributed by atoms with Gasteiger partial charge in [-0.15, -0.1) is 11.3 Å². The number of thiophene rings is 1. The van der Waals surface area contributed by atoms with Gasteiger partial charge in [0.1, 0.15) is 5.75 Å². The fourth-order valence-electron chi connectivity index (χ4n) is 3.11. The second-order valence-electron chi connectivity index (χ2n) is 6.34. The molecule has 0 aliphatic carbocycles. The molecule has 0 spiro atoms. The zero-order valence-electron chi connectivity index (χ0n) is 15.2. The van der Waals surface area contributed by atoms with Crippen LogP contribution in [-0.4, -0.2) is 17.7 Å². The zero-order chi connectivity index (χ0) is 19.2. The van der Waals surface area contributed by atoms with Crippen molar-refractivity contribution in [1.29, 1.82) is 5.26 Å². The third kappa shape index (κ3) is 4.87. The molecule has 2 aromatic carbocycles. The van der Waals surface area contributed by atoms with Gasteiger partial charge in [-0.25, -0.2) is 0 Å². The van der Waals surface area contributed by atoms with E-state index in [9.17, 15) is 9.90 Å². The summed E-state index contributed by atoms with van der Waals surface area (Å²) in [5.41, 5.74) is 2.79. The van der Waals surface area contributed by atoms with E-state index in [0.29, 0.717) is 25.0 Å². The molecule has 5 heteroatoms. The summed E-state index contributed by atoms with van der Waals surface area (Å²) in [5.74, 6) is -0.00639. The van der Waals surface area contributed by atoms with E-state index in [4.69, 9.17) is 10.00 Å². The number of phenols is 1. The van der Waals surface area contributed by atoms with Crippen molar-refractivity contribution in [2.75, 3.05) is 6.61 Å². The standard InChI is InChI=1S/C22H21NO3S/c1-2-26-22(25)10-6-17-12-19(24)7-4-16(17)5-8-20-13-18-11-15(14-23)3-9-21(18)27-20/h3-4,7,9,11-13,24H,2,5-6,8,10H2,1H3. The molecule has 4 nitrogen and oxygen atoms in total. The quantitative estimate of drug-likeness (QED) is 0.601. The summed E-state index contributed by atoms with van der Waals surface area (Å²) in [7, 11) is 0. The smallest absolute Gasteiger partial charge is 0.306 e. The van der Waals surface area contributed by atoms with Crippen LogP contribution in [0.5, 0.6) is 5.75 Å². The molecule has 1 heterocycles. The van der Waals surface area contributed by atoms with Crippen LogP contribution in [0.15, 0.2) is 42.5 Å². The van der Waals surface area contributed by atoms with Crippen molar-refractivity contribution in [3.05, 3.63) is 64.0 Å². The van der Waals surface area contributed by atoms with Gasteiger partial charge in [0, 0.05) is 16.0 Å². The largest absolute Gasteiger partial charge is 0.508 e. The number of ether oxygens (including phenoxy) is 1. The maximum Gasteiger partial charge on any atom is 0.306 e. The lowest BCUT2D eigenvalue weighted by molar-refractivity contribution is -0.143. The molecule has 0 unspecified atom stereocenters. The number of hydrogen-bond donors (Lipinski definition) is 1. The average molecular weight is 379 g/mol. The molecular weight excluding hydrogens is 358 g/mol. The molecule has 0 atom stereocenters. The highest BCUT2D eigenvalue weighted by Crippen LogP contribution is 2.28. The predicted octanol–water partition coefficient (Wildman–Crippen LogP) is 4.76. The number of phenolic OH excluding ortho intramolecular Hbond substituents is 1. The minimum absolute atomic E-state index is 0.212. The van der Waals surface area contributed by atoms with E-state index in [0.717, 1.165) is 29.4 Å². The van der Waals surface area contributed by atoms with Gasteiger partial charge in [0.2, 0.25) is 0 Å². The Morgan fingerprint density at radius 2 is 1.96 bits per heavy atom. The Hall–Kier alpha value is -2.84. The summed E-state index contributed by atoms with van der Waals surface area (Å²) >= 11 is 1.74. The van der Waals surface area contributed by atoms with Crippen LogP contribution < -0.4 is 0 Å². The lowest BCUT2D eigenvalue weighted by Crippen LogP contribution is -2.06.